The van der Waals surface area contributed by atoms with Gasteiger partial charge < -0.3 is 15.8 Å². The third-order valence-electron chi connectivity index (χ3n) is 3.08. The molecule has 1 amide bonds. The third-order valence-corrected chi connectivity index (χ3v) is 3.08. The zero-order chi connectivity index (χ0) is 15.2. The first kappa shape index (κ1) is 15.0. The molecule has 0 radical (unpaired) electrons. The number of hydrogen-bond donors (Lipinski definition) is 2. The molecule has 0 aliphatic rings. The summed E-state index contributed by atoms with van der Waals surface area (Å²) < 4.78 is 5.13. The van der Waals surface area contributed by atoms with Crippen molar-refractivity contribution in [3.05, 3.63) is 58.8 Å². The van der Waals surface area contributed by atoms with Crippen LogP contribution in [-0.2, 0) is 17.9 Å². The van der Waals surface area contributed by atoms with Crippen molar-refractivity contribution in [2.45, 2.75) is 20.1 Å². The number of aryl methyl sites for hydroxylation is 1. The van der Waals surface area contributed by atoms with Crippen LogP contribution in [0.4, 0.5) is 5.82 Å². The summed E-state index contributed by atoms with van der Waals surface area (Å²) in [6.07, 6.45) is 0. The molecule has 5 heteroatoms. The molecule has 3 N–H and O–H groups in total. The molecule has 0 aliphatic carbocycles. The van der Waals surface area contributed by atoms with Gasteiger partial charge in [0.05, 0.1) is 12.2 Å². The van der Waals surface area contributed by atoms with Gasteiger partial charge in [-0.3, -0.25) is 4.79 Å². The summed E-state index contributed by atoms with van der Waals surface area (Å²) in [4.78, 5) is 16.1. The Morgan fingerprint density at radius 2 is 2.05 bits per heavy atom. The van der Waals surface area contributed by atoms with Crippen molar-refractivity contribution >= 4 is 11.7 Å². The van der Waals surface area contributed by atoms with Gasteiger partial charge in [-0.25, -0.2) is 4.98 Å². The summed E-state index contributed by atoms with van der Waals surface area (Å²) in [6, 6.07) is 11.7. The van der Waals surface area contributed by atoms with E-state index < -0.39 is 5.91 Å². The van der Waals surface area contributed by atoms with Gasteiger partial charge in [0.15, 0.2) is 0 Å². The normalized spacial score (nSPS) is 10.4. The summed E-state index contributed by atoms with van der Waals surface area (Å²) in [7, 11) is 1.58. The predicted molar refractivity (Wildman–Crippen MR) is 82.0 cm³/mol. The van der Waals surface area contributed by atoms with Crippen molar-refractivity contribution in [1.29, 1.82) is 0 Å². The molecule has 1 heterocycles. The smallest absolute Gasteiger partial charge is 0.252 e. The highest BCUT2D eigenvalue weighted by Gasteiger charge is 2.16. The van der Waals surface area contributed by atoms with E-state index in [1.807, 2.05) is 43.3 Å². The molecule has 0 fully saturated rings. The van der Waals surface area contributed by atoms with E-state index in [9.17, 15) is 4.79 Å². The van der Waals surface area contributed by atoms with Crippen LogP contribution in [-0.4, -0.2) is 18.0 Å². The topological polar surface area (TPSA) is 77.2 Å². The number of primary amides is 1. The molecule has 2 rings (SSSR count). The number of amides is 1. The van der Waals surface area contributed by atoms with Crippen LogP contribution in [0.3, 0.4) is 0 Å². The summed E-state index contributed by atoms with van der Waals surface area (Å²) >= 11 is 0. The number of hydrogen-bond acceptors (Lipinski definition) is 4. The van der Waals surface area contributed by atoms with Gasteiger partial charge in [0.2, 0.25) is 0 Å². The molecule has 0 bridgehead atoms. The van der Waals surface area contributed by atoms with Crippen LogP contribution in [0.1, 0.15) is 27.2 Å². The Kier molecular flexibility index (Phi) is 4.90. The number of rotatable bonds is 6. The largest absolute Gasteiger partial charge is 0.380 e. The highest BCUT2D eigenvalue weighted by atomic mass is 16.5. The zero-order valence-electron chi connectivity index (χ0n) is 12.2. The number of carbonyl (C=O) groups is 1. The van der Waals surface area contributed by atoms with E-state index in [0.717, 1.165) is 16.8 Å². The third kappa shape index (κ3) is 3.79. The van der Waals surface area contributed by atoms with E-state index in [1.165, 1.54) is 0 Å². The highest BCUT2D eigenvalue weighted by molar-refractivity contribution is 5.99. The van der Waals surface area contributed by atoms with Gasteiger partial charge in [-0.1, -0.05) is 30.3 Å². The molecule has 0 saturated heterocycles. The van der Waals surface area contributed by atoms with Crippen LogP contribution >= 0.6 is 0 Å². The first-order valence-corrected chi connectivity index (χ1v) is 6.69. The summed E-state index contributed by atoms with van der Waals surface area (Å²) in [5.41, 5.74) is 8.53. The van der Waals surface area contributed by atoms with Crippen LogP contribution in [0, 0.1) is 6.92 Å². The molecule has 5 nitrogen and oxygen atoms in total. The van der Waals surface area contributed by atoms with Gasteiger partial charge in [-0.2, -0.15) is 0 Å². The Bertz CT molecular complexity index is 627. The van der Waals surface area contributed by atoms with Crippen LogP contribution in [0.15, 0.2) is 36.4 Å². The lowest BCUT2D eigenvalue weighted by molar-refractivity contribution is 0.0996. The monoisotopic (exact) mass is 285 g/mol. The fraction of sp³-hybridized carbons (Fsp3) is 0.250. The molecular formula is C16H19N3O2. The van der Waals surface area contributed by atoms with Gasteiger partial charge in [0.25, 0.3) is 5.91 Å². The summed E-state index contributed by atoms with van der Waals surface area (Å²) in [5.74, 6) is -0.0106. The molecule has 2 aromatic rings. The molecule has 0 spiro atoms. The van der Waals surface area contributed by atoms with E-state index in [2.05, 4.69) is 10.3 Å². The molecular weight excluding hydrogens is 266 g/mol. The van der Waals surface area contributed by atoms with Crippen molar-refractivity contribution in [2.24, 2.45) is 5.73 Å². The number of nitrogens with zero attached hydrogens (tertiary/aromatic N) is 1. The van der Waals surface area contributed by atoms with Crippen LogP contribution in [0.25, 0.3) is 0 Å². The van der Waals surface area contributed by atoms with Crippen molar-refractivity contribution in [3.63, 3.8) is 0 Å². The second-order valence-electron chi connectivity index (χ2n) is 4.78. The SMILES string of the molecule is COCc1cc(C)nc(NCc2ccccc2)c1C(N)=O. The Labute approximate surface area is 124 Å². The molecule has 1 aromatic heterocycles. The number of nitrogens with one attached hydrogen (secondary N) is 1. The first-order valence-electron chi connectivity index (χ1n) is 6.69. The molecule has 0 saturated carbocycles. The molecule has 0 atom stereocenters. The number of nitrogens with two attached hydrogens (primary N) is 1. The summed E-state index contributed by atoms with van der Waals surface area (Å²) in [5, 5.41) is 3.18. The number of ether oxygens (including phenoxy) is 1. The number of benzene rings is 1. The van der Waals surface area contributed by atoms with Crippen LogP contribution in [0.2, 0.25) is 0 Å². The quantitative estimate of drug-likeness (QED) is 0.853. The fourth-order valence-electron chi connectivity index (χ4n) is 2.19. The molecule has 0 unspecified atom stereocenters. The Morgan fingerprint density at radius 1 is 1.33 bits per heavy atom. The molecule has 21 heavy (non-hydrogen) atoms. The van der Waals surface area contributed by atoms with Crippen molar-refractivity contribution < 1.29 is 9.53 Å². The van der Waals surface area contributed by atoms with Crippen molar-refractivity contribution in [3.8, 4) is 0 Å². The maximum Gasteiger partial charge on any atom is 0.252 e. The average molecular weight is 285 g/mol. The van der Waals surface area contributed by atoms with Gasteiger partial charge >= 0.3 is 0 Å². The first-order chi connectivity index (χ1) is 10.1. The zero-order valence-corrected chi connectivity index (χ0v) is 12.2. The lowest BCUT2D eigenvalue weighted by Crippen LogP contribution is -2.19. The Balaban J connectivity index is 2.30. The maximum atomic E-state index is 11.7. The van der Waals surface area contributed by atoms with Crippen molar-refractivity contribution in [2.75, 3.05) is 12.4 Å². The molecule has 110 valence electrons. The van der Waals surface area contributed by atoms with Crippen LogP contribution < -0.4 is 11.1 Å². The molecule has 1 aromatic carbocycles. The Morgan fingerprint density at radius 3 is 2.67 bits per heavy atom. The van der Waals surface area contributed by atoms with Crippen molar-refractivity contribution in [1.82, 2.24) is 4.98 Å². The fourth-order valence-corrected chi connectivity index (χ4v) is 2.19. The number of aromatic nitrogens is 1. The number of anilines is 1. The summed E-state index contributed by atoms with van der Waals surface area (Å²) in [6.45, 7) is 2.77. The maximum absolute atomic E-state index is 11.7. The minimum absolute atomic E-state index is 0.321. The predicted octanol–water partition coefficient (Wildman–Crippen LogP) is 2.25. The van der Waals surface area contributed by atoms with Crippen LogP contribution in [0.5, 0.6) is 0 Å². The number of methoxy groups -OCH3 is 1. The van der Waals surface area contributed by atoms with Gasteiger partial charge in [-0.15, -0.1) is 0 Å². The van der Waals surface area contributed by atoms with E-state index in [0.29, 0.717) is 24.5 Å². The minimum Gasteiger partial charge on any atom is -0.380 e. The minimum atomic E-state index is -0.509. The standard InChI is InChI=1S/C16H19N3O2/c1-11-8-13(10-21-2)14(15(17)20)16(19-11)18-9-12-6-4-3-5-7-12/h3-8H,9-10H2,1-2H3,(H2,17,20)(H,18,19). The Hall–Kier alpha value is -2.40. The highest BCUT2D eigenvalue weighted by Crippen LogP contribution is 2.20. The van der Waals surface area contributed by atoms with E-state index >= 15 is 0 Å². The number of pyridine rings is 1. The van der Waals surface area contributed by atoms with Gasteiger partial charge in [0, 0.05) is 19.3 Å². The van der Waals surface area contributed by atoms with E-state index in [4.69, 9.17) is 10.5 Å². The van der Waals surface area contributed by atoms with Gasteiger partial charge in [0.1, 0.15) is 5.82 Å². The lowest BCUT2D eigenvalue weighted by Gasteiger charge is -2.14. The second-order valence-corrected chi connectivity index (χ2v) is 4.78. The van der Waals surface area contributed by atoms with Gasteiger partial charge in [-0.05, 0) is 24.1 Å². The molecule has 0 aliphatic heterocycles. The number of carbonyl (C=O) groups excluding carboxylic acids is 1. The lowest BCUT2D eigenvalue weighted by atomic mass is 10.1. The average Bonchev–Trinajstić information content (AvgIpc) is 2.45. The van der Waals surface area contributed by atoms with E-state index in [-0.39, 0.29) is 0 Å². The van der Waals surface area contributed by atoms with E-state index in [1.54, 1.807) is 7.11 Å². The second kappa shape index (κ2) is 6.85.